The highest BCUT2D eigenvalue weighted by Crippen LogP contribution is 2.40. The van der Waals surface area contributed by atoms with Gasteiger partial charge in [-0.05, 0) is 18.6 Å². The number of benzene rings is 1. The Balaban J connectivity index is 0.00000324. The van der Waals surface area contributed by atoms with Gasteiger partial charge in [0.1, 0.15) is 28.3 Å². The van der Waals surface area contributed by atoms with E-state index in [0.29, 0.717) is 41.9 Å². The molecule has 1 aromatic heterocycles. The number of fused-ring (bicyclic) bond motifs is 1. The summed E-state index contributed by atoms with van der Waals surface area (Å²) in [5.41, 5.74) is 0.608. The molecule has 0 aliphatic carbocycles. The summed E-state index contributed by atoms with van der Waals surface area (Å²) in [6, 6.07) is 3.58. The molecular formula is C22H29ClN4O6S. The number of likely N-dealkylation sites (tertiary alicyclic amines) is 1. The second-order valence-corrected chi connectivity index (χ2v) is 8.85. The lowest BCUT2D eigenvalue weighted by Crippen LogP contribution is -2.44. The van der Waals surface area contributed by atoms with E-state index >= 15 is 0 Å². The molecule has 4 rings (SSSR count). The summed E-state index contributed by atoms with van der Waals surface area (Å²) in [7, 11) is 3.15. The highest BCUT2D eigenvalue weighted by Gasteiger charge is 2.33. The molecule has 2 aromatic rings. The minimum absolute atomic E-state index is 0. The van der Waals surface area contributed by atoms with Gasteiger partial charge in [0.25, 0.3) is 0 Å². The van der Waals surface area contributed by atoms with E-state index in [-0.39, 0.29) is 49.5 Å². The van der Waals surface area contributed by atoms with Crippen LogP contribution in [0.1, 0.15) is 19.3 Å². The molecule has 0 spiro atoms. The summed E-state index contributed by atoms with van der Waals surface area (Å²) in [5, 5.41) is 0.485. The van der Waals surface area contributed by atoms with Gasteiger partial charge in [-0.1, -0.05) is 11.3 Å². The van der Waals surface area contributed by atoms with Gasteiger partial charge in [-0.15, -0.1) is 12.4 Å². The van der Waals surface area contributed by atoms with Crippen molar-refractivity contribution in [3.05, 3.63) is 12.1 Å². The molecule has 186 valence electrons. The Morgan fingerprint density at radius 1 is 1.12 bits per heavy atom. The second kappa shape index (κ2) is 11.8. The highest BCUT2D eigenvalue weighted by molar-refractivity contribution is 7.22. The molecule has 3 amide bonds. The van der Waals surface area contributed by atoms with E-state index in [1.54, 1.807) is 31.3 Å². The standard InChI is InChI=1S/C22H28N4O6S.ClH/c1-30-15-4-5-16(31-2)21-20(15)23-22(33-21)25(9-3-8-24-10-12-32-13-11-24)19(29)14-26-17(27)6-7-18(26)28;/h4-5H,3,6-14H2,1-2H3;1H. The molecule has 0 radical (unpaired) electrons. The number of nitrogens with zero attached hydrogens (tertiary/aromatic N) is 4. The van der Waals surface area contributed by atoms with Gasteiger partial charge >= 0.3 is 0 Å². The molecule has 0 N–H and O–H groups in total. The number of anilines is 1. The maximum atomic E-state index is 13.3. The van der Waals surface area contributed by atoms with E-state index in [1.165, 1.54) is 11.3 Å². The predicted octanol–water partition coefficient (Wildman–Crippen LogP) is 1.94. The van der Waals surface area contributed by atoms with E-state index in [1.807, 2.05) is 0 Å². The monoisotopic (exact) mass is 512 g/mol. The molecule has 0 unspecified atom stereocenters. The Kier molecular flexibility index (Phi) is 9.06. The van der Waals surface area contributed by atoms with Crippen molar-refractivity contribution in [1.29, 1.82) is 0 Å². The molecule has 2 fully saturated rings. The minimum Gasteiger partial charge on any atom is -0.495 e. The first-order chi connectivity index (χ1) is 16.0. The number of thiazole rings is 1. The Bertz CT molecular complexity index is 985. The van der Waals surface area contributed by atoms with Crippen LogP contribution in [0.4, 0.5) is 5.13 Å². The fourth-order valence-corrected chi connectivity index (χ4v) is 5.13. The maximum absolute atomic E-state index is 13.3. The number of carbonyl (C=O) groups is 3. The maximum Gasteiger partial charge on any atom is 0.248 e. The van der Waals surface area contributed by atoms with Crippen molar-refractivity contribution >= 4 is 56.8 Å². The lowest BCUT2D eigenvalue weighted by molar-refractivity contribution is -0.141. The van der Waals surface area contributed by atoms with E-state index < -0.39 is 0 Å². The Labute approximate surface area is 208 Å². The van der Waals surface area contributed by atoms with E-state index in [9.17, 15) is 14.4 Å². The fraction of sp³-hybridized carbons (Fsp3) is 0.545. The van der Waals surface area contributed by atoms with Gasteiger partial charge in [-0.2, -0.15) is 0 Å². The first kappa shape index (κ1) is 26.1. The van der Waals surface area contributed by atoms with E-state index in [0.717, 1.165) is 35.7 Å². The summed E-state index contributed by atoms with van der Waals surface area (Å²) >= 11 is 1.33. The van der Waals surface area contributed by atoms with Gasteiger partial charge in [-0.3, -0.25) is 29.1 Å². The lowest BCUT2D eigenvalue weighted by atomic mass is 10.3. The number of hydrogen-bond donors (Lipinski definition) is 0. The summed E-state index contributed by atoms with van der Waals surface area (Å²) in [6.45, 7) is 4.08. The molecular weight excluding hydrogens is 484 g/mol. The quantitative estimate of drug-likeness (QED) is 0.470. The molecule has 2 aliphatic rings. The number of amides is 3. The van der Waals surface area contributed by atoms with Crippen molar-refractivity contribution in [3.63, 3.8) is 0 Å². The molecule has 10 nitrogen and oxygen atoms in total. The zero-order valence-electron chi connectivity index (χ0n) is 19.3. The molecule has 0 atom stereocenters. The second-order valence-electron chi connectivity index (χ2n) is 7.87. The Hall–Kier alpha value is -2.47. The zero-order valence-corrected chi connectivity index (χ0v) is 20.9. The number of halogens is 1. The van der Waals surface area contributed by atoms with Crippen molar-refractivity contribution in [2.75, 3.05) is 65.1 Å². The molecule has 12 heteroatoms. The molecule has 0 saturated carbocycles. The summed E-state index contributed by atoms with van der Waals surface area (Å²) < 4.78 is 17.1. The molecule has 0 bridgehead atoms. The fourth-order valence-electron chi connectivity index (χ4n) is 4.01. The van der Waals surface area contributed by atoms with E-state index in [2.05, 4.69) is 9.88 Å². The van der Waals surface area contributed by atoms with Gasteiger partial charge in [0.15, 0.2) is 5.13 Å². The SMILES string of the molecule is COc1ccc(OC)c2sc(N(CCCN3CCOCC3)C(=O)CN3C(=O)CCC3=O)nc12.Cl. The number of morpholine rings is 1. The van der Waals surface area contributed by atoms with Gasteiger partial charge in [0.05, 0.1) is 27.4 Å². The number of hydrogen-bond acceptors (Lipinski definition) is 9. The molecule has 2 aliphatic heterocycles. The van der Waals surface area contributed by atoms with Crippen LogP contribution in [-0.4, -0.2) is 92.7 Å². The Morgan fingerprint density at radius 2 is 1.76 bits per heavy atom. The smallest absolute Gasteiger partial charge is 0.248 e. The van der Waals surface area contributed by atoms with Crippen LogP contribution >= 0.6 is 23.7 Å². The first-order valence-electron chi connectivity index (χ1n) is 11.0. The van der Waals surface area contributed by atoms with Crippen LogP contribution in [-0.2, 0) is 19.1 Å². The minimum atomic E-state index is -0.336. The van der Waals surface area contributed by atoms with Gasteiger partial charge < -0.3 is 14.2 Å². The topological polar surface area (TPSA) is 102 Å². The average Bonchev–Trinajstić information content (AvgIpc) is 3.41. The number of carbonyl (C=O) groups excluding carboxylic acids is 3. The van der Waals surface area contributed by atoms with Crippen LogP contribution in [0, 0.1) is 0 Å². The molecule has 1 aromatic carbocycles. The van der Waals surface area contributed by atoms with E-state index in [4.69, 9.17) is 14.2 Å². The van der Waals surface area contributed by atoms with Crippen LogP contribution in [0.25, 0.3) is 10.2 Å². The van der Waals surface area contributed by atoms with Crippen LogP contribution in [0.15, 0.2) is 12.1 Å². The van der Waals surface area contributed by atoms with Crippen LogP contribution < -0.4 is 14.4 Å². The number of rotatable bonds is 9. The normalized spacial score (nSPS) is 16.6. The van der Waals surface area contributed by atoms with Crippen LogP contribution in [0.2, 0.25) is 0 Å². The van der Waals surface area contributed by atoms with Gasteiger partial charge in [0.2, 0.25) is 17.7 Å². The number of imide groups is 1. The molecule has 2 saturated heterocycles. The van der Waals surface area contributed by atoms with Crippen LogP contribution in [0.5, 0.6) is 11.5 Å². The number of methoxy groups -OCH3 is 2. The number of aromatic nitrogens is 1. The summed E-state index contributed by atoms with van der Waals surface area (Å²) in [6.07, 6.45) is 1.02. The van der Waals surface area contributed by atoms with Crippen molar-refractivity contribution in [2.45, 2.75) is 19.3 Å². The van der Waals surface area contributed by atoms with Crippen molar-refractivity contribution < 1.29 is 28.6 Å². The van der Waals surface area contributed by atoms with Crippen molar-refractivity contribution in [1.82, 2.24) is 14.8 Å². The molecule has 34 heavy (non-hydrogen) atoms. The average molecular weight is 513 g/mol. The first-order valence-corrected chi connectivity index (χ1v) is 11.8. The Morgan fingerprint density at radius 3 is 2.41 bits per heavy atom. The highest BCUT2D eigenvalue weighted by atomic mass is 35.5. The summed E-state index contributed by atoms with van der Waals surface area (Å²) in [5.74, 6) is 0.264. The summed E-state index contributed by atoms with van der Waals surface area (Å²) in [4.78, 5) is 47.1. The zero-order chi connectivity index (χ0) is 23.4. The van der Waals surface area contributed by atoms with Crippen LogP contribution in [0.3, 0.4) is 0 Å². The lowest BCUT2D eigenvalue weighted by Gasteiger charge is -2.28. The van der Waals surface area contributed by atoms with Crippen molar-refractivity contribution in [2.24, 2.45) is 0 Å². The predicted molar refractivity (Wildman–Crippen MR) is 130 cm³/mol. The third kappa shape index (κ3) is 5.60. The number of ether oxygens (including phenoxy) is 3. The van der Waals surface area contributed by atoms with Crippen molar-refractivity contribution in [3.8, 4) is 11.5 Å². The largest absolute Gasteiger partial charge is 0.495 e. The third-order valence-electron chi connectivity index (χ3n) is 5.84. The van der Waals surface area contributed by atoms with Gasteiger partial charge in [0, 0.05) is 39.0 Å². The molecule has 3 heterocycles. The third-order valence-corrected chi connectivity index (χ3v) is 6.93. The van der Waals surface area contributed by atoms with Gasteiger partial charge in [-0.25, -0.2) is 4.98 Å².